The van der Waals surface area contributed by atoms with E-state index in [0.717, 1.165) is 0 Å². The third-order valence-electron chi connectivity index (χ3n) is 0. The fourth-order valence-corrected chi connectivity index (χ4v) is 0. The first kappa shape index (κ1) is 770. The van der Waals surface area contributed by atoms with Gasteiger partial charge in [-0.2, -0.15) is 0 Å². The van der Waals surface area contributed by atoms with E-state index in [4.69, 9.17) is 0 Å². The van der Waals surface area contributed by atoms with Crippen molar-refractivity contribution in [1.82, 2.24) is 0 Å². The van der Waals surface area contributed by atoms with Gasteiger partial charge in [0.05, 0.1) is 0 Å². The topological polar surface area (TPSA) is 240 Å². The van der Waals surface area contributed by atoms with Crippen LogP contribution in [0.25, 0.3) is 0 Å². The average Bonchev–Trinajstić information content (AvgIpc) is 0. The van der Waals surface area contributed by atoms with Gasteiger partial charge < -0.3 is 43.8 Å². The molecule has 0 saturated carbocycles. The predicted octanol–water partition coefficient (Wildman–Crippen LogP) is -1.42. The normalized spacial score (nSPS) is 0. The van der Waals surface area contributed by atoms with Gasteiger partial charge in [0.25, 0.3) is 0 Å². The molecule has 0 unspecified atom stereocenters. The van der Waals surface area contributed by atoms with Crippen LogP contribution in [-0.2, 0) is 66.8 Å². The van der Waals surface area contributed by atoms with Crippen molar-refractivity contribution in [2.75, 3.05) is 0 Å². The molecule has 0 aromatic heterocycles. The standard InChI is InChI=1S/Co.Mn.2Ni.8H2O/h;;;;8*1H2/q4*+2;;;;;;;;/p-8. The summed E-state index contributed by atoms with van der Waals surface area (Å²) in [7, 11) is 0. The molecular formula is H8CoMnNi2O8. The Kier molecular flexibility index (Phi) is 38800. The summed E-state index contributed by atoms with van der Waals surface area (Å²) in [6.07, 6.45) is 0. The Hall–Kier alpha value is 1.69. The number of rotatable bonds is 0. The molecule has 12 heteroatoms. The smallest absolute Gasteiger partial charge is 0.870 e. The van der Waals surface area contributed by atoms with Crippen LogP contribution in [0.15, 0.2) is 0 Å². The molecule has 0 aliphatic heterocycles. The average molecular weight is 367 g/mol. The minimum absolute atomic E-state index is 0. The Labute approximate surface area is 110 Å². The Balaban J connectivity index is 0. The second-order valence-electron chi connectivity index (χ2n) is 0. The first-order valence-corrected chi connectivity index (χ1v) is 0. The molecule has 0 atom stereocenters. The summed E-state index contributed by atoms with van der Waals surface area (Å²) in [6, 6.07) is 0. The molecule has 2 radical (unpaired) electrons. The van der Waals surface area contributed by atoms with Crippen LogP contribution >= 0.6 is 0 Å². The minimum atomic E-state index is 0. The molecule has 0 aliphatic rings. The van der Waals surface area contributed by atoms with Crippen molar-refractivity contribution in [3.05, 3.63) is 0 Å². The third kappa shape index (κ3) is 466. The second kappa shape index (κ2) is 605. The van der Waals surface area contributed by atoms with Gasteiger partial charge in [-0.1, -0.05) is 0 Å². The quantitative estimate of drug-likeness (QED) is 0.458. The zero-order valence-electron chi connectivity index (χ0n) is 4.92. The van der Waals surface area contributed by atoms with Gasteiger partial charge in [0.15, 0.2) is 0 Å². The number of hydrogen-bond acceptors (Lipinski definition) is 8. The van der Waals surface area contributed by atoms with Crippen molar-refractivity contribution in [1.29, 1.82) is 0 Å². The van der Waals surface area contributed by atoms with Crippen molar-refractivity contribution >= 4 is 0 Å². The fraction of sp³-hybridized carbons (Fsp3) is 0. The first-order valence-electron chi connectivity index (χ1n) is 0. The Morgan fingerprint density at radius 2 is 0.333 bits per heavy atom. The molecule has 0 spiro atoms. The van der Waals surface area contributed by atoms with Gasteiger partial charge in [0.1, 0.15) is 0 Å². The Bertz CT molecular complexity index is 17.0. The van der Waals surface area contributed by atoms with Gasteiger partial charge in [-0.15, -0.1) is 0 Å². The van der Waals surface area contributed by atoms with Crippen molar-refractivity contribution < 1.29 is 111 Å². The van der Waals surface area contributed by atoms with E-state index in [-0.39, 0.29) is 111 Å². The summed E-state index contributed by atoms with van der Waals surface area (Å²) in [5, 5.41) is 0. The summed E-state index contributed by atoms with van der Waals surface area (Å²) in [6.45, 7) is 0. The molecule has 0 aromatic carbocycles. The zero-order chi connectivity index (χ0) is 0. The second-order valence-corrected chi connectivity index (χ2v) is 0. The zero-order valence-corrected chi connectivity index (χ0v) is 9.12. The van der Waals surface area contributed by atoms with Gasteiger partial charge in [-0.3, -0.25) is 0 Å². The van der Waals surface area contributed by atoms with Crippen LogP contribution in [0.4, 0.5) is 0 Å². The summed E-state index contributed by atoms with van der Waals surface area (Å²) in [5.41, 5.74) is 0. The van der Waals surface area contributed by atoms with Gasteiger partial charge in [-0.25, -0.2) is 0 Å². The van der Waals surface area contributed by atoms with Gasteiger partial charge in [0, 0.05) is 0 Å². The van der Waals surface area contributed by atoms with Crippen molar-refractivity contribution in [2.24, 2.45) is 0 Å². The van der Waals surface area contributed by atoms with E-state index in [0.29, 0.717) is 0 Å². The maximum Gasteiger partial charge on any atom is 2.00 e. The molecule has 8 nitrogen and oxygen atoms in total. The van der Waals surface area contributed by atoms with Gasteiger partial charge in [-0.05, 0) is 0 Å². The van der Waals surface area contributed by atoms with E-state index in [9.17, 15) is 0 Å². The molecule has 0 amide bonds. The van der Waals surface area contributed by atoms with E-state index in [1.807, 2.05) is 0 Å². The molecule has 12 heavy (non-hydrogen) atoms. The summed E-state index contributed by atoms with van der Waals surface area (Å²) in [4.78, 5) is 0. The minimum Gasteiger partial charge on any atom is -0.870 e. The SMILES string of the molecule is [Co+2].[Mn+2].[Ni+2].[Ni+2].[OH-].[OH-].[OH-].[OH-].[OH-].[OH-].[OH-].[OH-]. The summed E-state index contributed by atoms with van der Waals surface area (Å²) >= 11 is 0. The van der Waals surface area contributed by atoms with Crippen molar-refractivity contribution in [2.45, 2.75) is 0 Å². The number of hydrogen-bond donors (Lipinski definition) is 0. The molecule has 0 rings (SSSR count). The van der Waals surface area contributed by atoms with Crippen LogP contribution in [-0.4, -0.2) is 43.8 Å². The molecule has 0 aliphatic carbocycles. The summed E-state index contributed by atoms with van der Waals surface area (Å²) in [5.74, 6) is 0. The molecule has 0 heterocycles. The van der Waals surface area contributed by atoms with E-state index in [1.165, 1.54) is 0 Å². The molecule has 0 fully saturated rings. The molecule has 0 aromatic rings. The van der Waals surface area contributed by atoms with E-state index >= 15 is 0 Å². The van der Waals surface area contributed by atoms with Crippen LogP contribution in [0.5, 0.6) is 0 Å². The maximum atomic E-state index is 0. The van der Waals surface area contributed by atoms with Crippen molar-refractivity contribution in [3.8, 4) is 0 Å². The van der Waals surface area contributed by atoms with E-state index in [1.54, 1.807) is 0 Å². The van der Waals surface area contributed by atoms with Gasteiger partial charge in [0.2, 0.25) is 0 Å². The maximum absolute atomic E-state index is 0. The monoisotopic (exact) mass is 366 g/mol. The molecule has 92 valence electrons. The predicted molar refractivity (Wildman–Crippen MR) is 15.5 cm³/mol. The molecule has 0 bridgehead atoms. The summed E-state index contributed by atoms with van der Waals surface area (Å²) < 4.78 is 0. The van der Waals surface area contributed by atoms with Gasteiger partial charge >= 0.3 is 66.8 Å². The van der Waals surface area contributed by atoms with Crippen LogP contribution < -0.4 is 0 Å². The fourth-order valence-electron chi connectivity index (χ4n) is 0. The van der Waals surface area contributed by atoms with E-state index in [2.05, 4.69) is 0 Å². The van der Waals surface area contributed by atoms with Crippen LogP contribution in [0, 0.1) is 0 Å². The van der Waals surface area contributed by atoms with Crippen LogP contribution in [0.3, 0.4) is 0 Å². The molecule has 8 N–H and O–H groups in total. The van der Waals surface area contributed by atoms with Crippen molar-refractivity contribution in [3.63, 3.8) is 0 Å². The Morgan fingerprint density at radius 3 is 0.333 bits per heavy atom. The Morgan fingerprint density at radius 1 is 0.333 bits per heavy atom. The van der Waals surface area contributed by atoms with Crippen LogP contribution in [0.1, 0.15) is 0 Å². The first-order chi connectivity index (χ1) is 0. The third-order valence-corrected chi connectivity index (χ3v) is 0. The van der Waals surface area contributed by atoms with Crippen LogP contribution in [0.2, 0.25) is 0 Å². The van der Waals surface area contributed by atoms with E-state index < -0.39 is 0 Å². The molecular weight excluding hydrogens is 359 g/mol. The largest absolute Gasteiger partial charge is 2.00 e. The molecule has 0 saturated heterocycles.